The van der Waals surface area contributed by atoms with Crippen molar-refractivity contribution in [2.75, 3.05) is 44.4 Å². The number of hydrogen-bond acceptors (Lipinski definition) is 7. The van der Waals surface area contributed by atoms with Crippen molar-refractivity contribution in [1.82, 2.24) is 10.1 Å². The van der Waals surface area contributed by atoms with Crippen LogP contribution < -0.4 is 10.6 Å². The fourth-order valence-corrected chi connectivity index (χ4v) is 2.09. The van der Waals surface area contributed by atoms with Gasteiger partial charge in [0, 0.05) is 19.1 Å². The molecule has 0 aliphatic carbocycles. The lowest BCUT2D eigenvalue weighted by molar-refractivity contribution is 0.121. The fraction of sp³-hybridized carbons (Fsp3) is 0.800. The van der Waals surface area contributed by atoms with Crippen LogP contribution in [0, 0.1) is 0 Å². The molecule has 2 atom stereocenters. The molecule has 17 heavy (non-hydrogen) atoms. The molecule has 0 aromatic carbocycles. The number of ether oxygens (including phenoxy) is 2. The van der Waals surface area contributed by atoms with Crippen molar-refractivity contribution in [1.29, 1.82) is 0 Å². The van der Waals surface area contributed by atoms with Crippen molar-refractivity contribution >= 4 is 5.95 Å². The summed E-state index contributed by atoms with van der Waals surface area (Å²) in [6.45, 7) is 4.12. The highest BCUT2D eigenvalue weighted by molar-refractivity contribution is 5.28. The van der Waals surface area contributed by atoms with Crippen LogP contribution in [0.25, 0.3) is 0 Å². The molecule has 0 spiro atoms. The van der Waals surface area contributed by atoms with Gasteiger partial charge in [0.25, 0.3) is 5.95 Å². The number of anilines is 1. The Balaban J connectivity index is 1.73. The second-order valence-electron chi connectivity index (χ2n) is 4.34. The Hall–Kier alpha value is -1.18. The van der Waals surface area contributed by atoms with E-state index in [2.05, 4.69) is 15.0 Å². The van der Waals surface area contributed by atoms with Gasteiger partial charge in [-0.2, -0.15) is 4.98 Å². The summed E-state index contributed by atoms with van der Waals surface area (Å²) in [5.74, 6) is 1.23. The molecule has 2 aliphatic rings. The van der Waals surface area contributed by atoms with E-state index in [1.807, 2.05) is 0 Å². The van der Waals surface area contributed by atoms with Gasteiger partial charge in [-0.1, -0.05) is 0 Å². The highest BCUT2D eigenvalue weighted by Crippen LogP contribution is 2.24. The average Bonchev–Trinajstić information content (AvgIpc) is 2.98. The largest absolute Gasteiger partial charge is 0.379 e. The van der Waals surface area contributed by atoms with Crippen LogP contribution in [0.4, 0.5) is 5.95 Å². The van der Waals surface area contributed by atoms with Crippen molar-refractivity contribution in [2.24, 2.45) is 5.73 Å². The van der Waals surface area contributed by atoms with E-state index >= 15 is 0 Å². The summed E-state index contributed by atoms with van der Waals surface area (Å²) in [6, 6.07) is -0.0482. The predicted octanol–water partition coefficient (Wildman–Crippen LogP) is -0.653. The number of morpholine rings is 1. The third-order valence-corrected chi connectivity index (χ3v) is 3.17. The van der Waals surface area contributed by atoms with Crippen LogP contribution >= 0.6 is 0 Å². The minimum absolute atomic E-state index is 0.0253. The smallest absolute Gasteiger partial charge is 0.266 e. The molecule has 1 aromatic rings. The van der Waals surface area contributed by atoms with Gasteiger partial charge in [-0.25, -0.2) is 0 Å². The molecule has 7 heteroatoms. The van der Waals surface area contributed by atoms with Gasteiger partial charge in [0.15, 0.2) is 0 Å². The highest BCUT2D eigenvalue weighted by Gasteiger charge is 2.32. The topological polar surface area (TPSA) is 86.6 Å². The monoisotopic (exact) mass is 240 g/mol. The van der Waals surface area contributed by atoms with Crippen LogP contribution in [0.2, 0.25) is 0 Å². The first-order chi connectivity index (χ1) is 8.34. The summed E-state index contributed by atoms with van der Waals surface area (Å²) in [6.07, 6.45) is 0. The molecule has 0 radical (unpaired) electrons. The Bertz CT molecular complexity index is 377. The van der Waals surface area contributed by atoms with Crippen molar-refractivity contribution in [3.8, 4) is 0 Å². The molecule has 2 unspecified atom stereocenters. The third kappa shape index (κ3) is 2.13. The maximum absolute atomic E-state index is 5.91. The first-order valence-electron chi connectivity index (χ1n) is 5.84. The van der Waals surface area contributed by atoms with Gasteiger partial charge in [-0.3, -0.25) is 0 Å². The molecule has 94 valence electrons. The number of nitrogens with two attached hydrogens (primary N) is 1. The van der Waals surface area contributed by atoms with E-state index in [4.69, 9.17) is 19.7 Å². The molecule has 0 bridgehead atoms. The quantitative estimate of drug-likeness (QED) is 0.734. The van der Waals surface area contributed by atoms with E-state index in [-0.39, 0.29) is 12.0 Å². The molecule has 7 nitrogen and oxygen atoms in total. The van der Waals surface area contributed by atoms with E-state index in [1.165, 1.54) is 0 Å². The molecule has 0 amide bonds. The summed E-state index contributed by atoms with van der Waals surface area (Å²) in [5, 5.41) is 3.99. The van der Waals surface area contributed by atoms with E-state index in [1.54, 1.807) is 0 Å². The Labute approximate surface area is 98.9 Å². The zero-order chi connectivity index (χ0) is 11.7. The molecule has 3 rings (SSSR count). The molecular formula is C10H16N4O3. The molecule has 0 saturated carbocycles. The van der Waals surface area contributed by atoms with Crippen molar-refractivity contribution < 1.29 is 14.0 Å². The second-order valence-corrected chi connectivity index (χ2v) is 4.34. The zero-order valence-electron chi connectivity index (χ0n) is 9.54. The minimum atomic E-state index is -0.0482. The van der Waals surface area contributed by atoms with Crippen molar-refractivity contribution in [3.05, 3.63) is 5.89 Å². The summed E-state index contributed by atoms with van der Waals surface area (Å²) in [4.78, 5) is 6.45. The summed E-state index contributed by atoms with van der Waals surface area (Å²) < 4.78 is 15.8. The molecule has 2 N–H and O–H groups in total. The summed E-state index contributed by atoms with van der Waals surface area (Å²) in [7, 11) is 0. The standard InChI is InChI=1S/C10H16N4O3/c11-8-6-16-5-7(8)9-12-10(13-17-9)14-1-3-15-4-2-14/h7-8H,1-6,11H2. The lowest BCUT2D eigenvalue weighted by atomic mass is 10.1. The SMILES string of the molecule is NC1COCC1c1nc(N2CCOCC2)no1. The van der Waals surface area contributed by atoms with Crippen LogP contribution in [-0.4, -0.2) is 55.7 Å². The van der Waals surface area contributed by atoms with Crippen LogP contribution in [-0.2, 0) is 9.47 Å². The van der Waals surface area contributed by atoms with Gasteiger partial charge >= 0.3 is 0 Å². The normalized spacial score (nSPS) is 29.8. The van der Waals surface area contributed by atoms with Crippen molar-refractivity contribution in [2.45, 2.75) is 12.0 Å². The molecule has 2 saturated heterocycles. The number of nitrogens with zero attached hydrogens (tertiary/aromatic N) is 3. The van der Waals surface area contributed by atoms with Crippen LogP contribution in [0.15, 0.2) is 4.52 Å². The Morgan fingerprint density at radius 3 is 2.71 bits per heavy atom. The van der Waals surface area contributed by atoms with Gasteiger partial charge < -0.3 is 24.6 Å². The minimum Gasteiger partial charge on any atom is -0.379 e. The van der Waals surface area contributed by atoms with E-state index in [0.717, 1.165) is 13.1 Å². The number of aromatic nitrogens is 2. The molecule has 1 aromatic heterocycles. The summed E-state index contributed by atoms with van der Waals surface area (Å²) in [5.41, 5.74) is 5.91. The van der Waals surface area contributed by atoms with Gasteiger partial charge in [-0.05, 0) is 5.16 Å². The van der Waals surface area contributed by atoms with Crippen LogP contribution in [0.3, 0.4) is 0 Å². The summed E-state index contributed by atoms with van der Waals surface area (Å²) >= 11 is 0. The zero-order valence-corrected chi connectivity index (χ0v) is 9.54. The Morgan fingerprint density at radius 2 is 2.00 bits per heavy atom. The molecule has 2 aliphatic heterocycles. The highest BCUT2D eigenvalue weighted by atomic mass is 16.5. The Kier molecular flexibility index (Phi) is 2.96. The van der Waals surface area contributed by atoms with E-state index in [0.29, 0.717) is 38.3 Å². The van der Waals surface area contributed by atoms with Gasteiger partial charge in [0.1, 0.15) is 0 Å². The number of hydrogen-bond donors (Lipinski definition) is 1. The maximum Gasteiger partial charge on any atom is 0.266 e. The number of rotatable bonds is 2. The molecule has 2 fully saturated rings. The molecule has 3 heterocycles. The van der Waals surface area contributed by atoms with Gasteiger partial charge in [0.05, 0.1) is 32.3 Å². The lowest BCUT2D eigenvalue weighted by Gasteiger charge is -2.24. The molecular weight excluding hydrogens is 224 g/mol. The van der Waals surface area contributed by atoms with Crippen molar-refractivity contribution in [3.63, 3.8) is 0 Å². The lowest BCUT2D eigenvalue weighted by Crippen LogP contribution is -2.37. The predicted molar refractivity (Wildman–Crippen MR) is 58.9 cm³/mol. The maximum atomic E-state index is 5.91. The van der Waals surface area contributed by atoms with E-state index < -0.39 is 0 Å². The van der Waals surface area contributed by atoms with Gasteiger partial charge in [0.2, 0.25) is 5.89 Å². The first kappa shape index (κ1) is 10.9. The van der Waals surface area contributed by atoms with E-state index in [9.17, 15) is 0 Å². The van der Waals surface area contributed by atoms with Gasteiger partial charge in [-0.15, -0.1) is 0 Å². The Morgan fingerprint density at radius 1 is 1.18 bits per heavy atom. The van der Waals surface area contributed by atoms with Crippen LogP contribution in [0.5, 0.6) is 0 Å². The van der Waals surface area contributed by atoms with Crippen LogP contribution in [0.1, 0.15) is 11.8 Å². The second kappa shape index (κ2) is 4.59. The first-order valence-corrected chi connectivity index (χ1v) is 5.84. The average molecular weight is 240 g/mol. The third-order valence-electron chi connectivity index (χ3n) is 3.17. The fourth-order valence-electron chi connectivity index (χ4n) is 2.09.